The minimum atomic E-state index is 0.548. The minimum Gasteiger partial charge on any atom is -0.494 e. The van der Waals surface area contributed by atoms with E-state index in [0.29, 0.717) is 6.04 Å². The molecule has 1 atom stereocenters. The topological polar surface area (TPSA) is 24.5 Å². The molecule has 3 nitrogen and oxygen atoms in total. The van der Waals surface area contributed by atoms with Gasteiger partial charge in [-0.2, -0.15) is 0 Å². The molecule has 1 aliphatic rings. The predicted octanol–water partition coefficient (Wildman–Crippen LogP) is 3.13. The van der Waals surface area contributed by atoms with Gasteiger partial charge in [-0.25, -0.2) is 0 Å². The maximum absolute atomic E-state index is 5.86. The van der Waals surface area contributed by atoms with Crippen molar-refractivity contribution in [3.05, 3.63) is 28.8 Å². The van der Waals surface area contributed by atoms with E-state index in [1.165, 1.54) is 23.2 Å². The van der Waals surface area contributed by atoms with E-state index in [-0.39, 0.29) is 0 Å². The van der Waals surface area contributed by atoms with E-state index in [0.717, 1.165) is 38.3 Å². The number of rotatable bonds is 6. The first kappa shape index (κ1) is 15.3. The Morgan fingerprint density at radius 2 is 2.10 bits per heavy atom. The van der Waals surface area contributed by atoms with Crippen molar-refractivity contribution in [3.63, 3.8) is 0 Å². The summed E-state index contributed by atoms with van der Waals surface area (Å²) in [5, 5.41) is 3.24. The van der Waals surface area contributed by atoms with Gasteiger partial charge < -0.3 is 10.1 Å². The van der Waals surface area contributed by atoms with Gasteiger partial charge in [0.05, 0.1) is 6.61 Å². The second kappa shape index (κ2) is 7.09. The number of nitrogens with zero attached hydrogens (tertiary/aromatic N) is 1. The van der Waals surface area contributed by atoms with E-state index in [9.17, 15) is 0 Å². The summed E-state index contributed by atoms with van der Waals surface area (Å²) in [6.07, 6.45) is 2.32. The van der Waals surface area contributed by atoms with Crippen LogP contribution in [0.2, 0.25) is 0 Å². The Morgan fingerprint density at radius 1 is 1.30 bits per heavy atom. The third-order valence-corrected chi connectivity index (χ3v) is 4.25. The minimum absolute atomic E-state index is 0.548. The lowest BCUT2D eigenvalue weighted by Crippen LogP contribution is -2.35. The number of nitrogens with one attached hydrogen (secondary N) is 1. The van der Waals surface area contributed by atoms with Crippen LogP contribution in [0.3, 0.4) is 0 Å². The summed E-state index contributed by atoms with van der Waals surface area (Å²) in [5.41, 5.74) is 4.27. The van der Waals surface area contributed by atoms with E-state index < -0.39 is 0 Å². The van der Waals surface area contributed by atoms with Gasteiger partial charge in [0.25, 0.3) is 0 Å². The van der Waals surface area contributed by atoms with Crippen molar-refractivity contribution in [1.29, 1.82) is 0 Å². The summed E-state index contributed by atoms with van der Waals surface area (Å²) >= 11 is 0. The van der Waals surface area contributed by atoms with Crippen LogP contribution in [0.4, 0.5) is 0 Å². The van der Waals surface area contributed by atoms with Crippen LogP contribution in [0, 0.1) is 0 Å². The highest BCUT2D eigenvalue weighted by Gasteiger charge is 2.26. The summed E-state index contributed by atoms with van der Waals surface area (Å²) in [5.74, 6) is 1.05. The Hall–Kier alpha value is -1.06. The average molecular weight is 276 g/mol. The van der Waals surface area contributed by atoms with Gasteiger partial charge in [0.15, 0.2) is 0 Å². The van der Waals surface area contributed by atoms with Gasteiger partial charge in [0, 0.05) is 24.7 Å². The third kappa shape index (κ3) is 2.99. The van der Waals surface area contributed by atoms with Crippen molar-refractivity contribution in [1.82, 2.24) is 10.2 Å². The van der Waals surface area contributed by atoms with Gasteiger partial charge in [-0.05, 0) is 50.6 Å². The lowest BCUT2D eigenvalue weighted by atomic mass is 9.89. The molecule has 0 radical (unpaired) electrons. The fourth-order valence-electron chi connectivity index (χ4n) is 3.31. The highest BCUT2D eigenvalue weighted by atomic mass is 16.5. The number of fused-ring (bicyclic) bond motifs is 1. The van der Waals surface area contributed by atoms with Crippen molar-refractivity contribution >= 4 is 0 Å². The Bertz CT molecular complexity index is 445. The van der Waals surface area contributed by atoms with Gasteiger partial charge in [0.1, 0.15) is 5.75 Å². The van der Waals surface area contributed by atoms with Crippen LogP contribution in [0.5, 0.6) is 5.75 Å². The maximum Gasteiger partial charge on any atom is 0.124 e. The molecule has 0 spiro atoms. The first-order valence-corrected chi connectivity index (χ1v) is 7.92. The molecule has 112 valence electrons. The first-order valence-electron chi connectivity index (χ1n) is 7.92. The normalized spacial score (nSPS) is 18.9. The van der Waals surface area contributed by atoms with E-state index in [4.69, 9.17) is 4.74 Å². The smallest absolute Gasteiger partial charge is 0.124 e. The molecule has 0 fully saturated rings. The zero-order chi connectivity index (χ0) is 14.5. The number of likely N-dealkylation sites (N-methyl/N-ethyl adjacent to an activating group) is 1. The Labute approximate surface area is 123 Å². The molecule has 0 saturated heterocycles. The molecule has 20 heavy (non-hydrogen) atoms. The van der Waals surface area contributed by atoms with Crippen molar-refractivity contribution < 1.29 is 4.74 Å². The van der Waals surface area contributed by atoms with Gasteiger partial charge in [-0.15, -0.1) is 0 Å². The summed E-state index contributed by atoms with van der Waals surface area (Å²) in [7, 11) is 1.99. The lowest BCUT2D eigenvalue weighted by molar-refractivity contribution is 0.189. The van der Waals surface area contributed by atoms with Crippen molar-refractivity contribution in [2.24, 2.45) is 0 Å². The largest absolute Gasteiger partial charge is 0.494 e. The zero-order valence-electron chi connectivity index (χ0n) is 13.3. The molecule has 1 heterocycles. The molecule has 0 aromatic heterocycles. The number of benzene rings is 1. The van der Waals surface area contributed by atoms with E-state index in [2.05, 4.69) is 43.1 Å². The lowest BCUT2D eigenvalue weighted by Gasteiger charge is -2.36. The van der Waals surface area contributed by atoms with E-state index in [1.54, 1.807) is 0 Å². The fraction of sp³-hybridized carbons (Fsp3) is 0.647. The van der Waals surface area contributed by atoms with E-state index >= 15 is 0 Å². The molecule has 1 unspecified atom stereocenters. The maximum atomic E-state index is 5.86. The Morgan fingerprint density at radius 3 is 2.70 bits per heavy atom. The molecule has 1 aromatic carbocycles. The second-order valence-corrected chi connectivity index (χ2v) is 5.42. The van der Waals surface area contributed by atoms with Crippen LogP contribution in [0.25, 0.3) is 0 Å². The van der Waals surface area contributed by atoms with Gasteiger partial charge >= 0.3 is 0 Å². The van der Waals surface area contributed by atoms with Gasteiger partial charge in [-0.1, -0.05) is 19.9 Å². The Balaban J connectivity index is 2.41. The van der Waals surface area contributed by atoms with Crippen molar-refractivity contribution in [3.8, 4) is 5.75 Å². The highest BCUT2D eigenvalue weighted by Crippen LogP contribution is 2.36. The van der Waals surface area contributed by atoms with Crippen LogP contribution >= 0.6 is 0 Å². The van der Waals surface area contributed by atoms with Crippen LogP contribution in [-0.4, -0.2) is 31.6 Å². The second-order valence-electron chi connectivity index (χ2n) is 5.42. The van der Waals surface area contributed by atoms with Crippen molar-refractivity contribution in [2.45, 2.75) is 46.2 Å². The van der Waals surface area contributed by atoms with Gasteiger partial charge in [-0.3, -0.25) is 4.90 Å². The molecular formula is C17H28N2O. The standard InChI is InChI=1S/C17H28N2O/c1-5-16-15-11-17(20-7-3)14(12-18-4)10-13(15)8-9-19(16)6-2/h10-11,16,18H,5-9,12H2,1-4H3. The number of hydrogen-bond acceptors (Lipinski definition) is 3. The Kier molecular flexibility index (Phi) is 5.44. The van der Waals surface area contributed by atoms with E-state index in [1.807, 2.05) is 7.05 Å². The number of hydrogen-bond donors (Lipinski definition) is 1. The average Bonchev–Trinajstić information content (AvgIpc) is 2.47. The van der Waals surface area contributed by atoms with Crippen LogP contribution < -0.4 is 10.1 Å². The summed E-state index contributed by atoms with van der Waals surface area (Å²) < 4.78 is 5.86. The molecule has 0 saturated carbocycles. The molecule has 1 N–H and O–H groups in total. The monoisotopic (exact) mass is 276 g/mol. The summed E-state index contributed by atoms with van der Waals surface area (Å²) in [6, 6.07) is 5.19. The molecule has 1 aliphatic heterocycles. The summed E-state index contributed by atoms with van der Waals surface area (Å²) in [4.78, 5) is 2.58. The quantitative estimate of drug-likeness (QED) is 0.864. The SMILES string of the molecule is CCOc1cc2c(cc1CNC)CCN(CC)C2CC. The first-order chi connectivity index (χ1) is 9.74. The molecule has 1 aromatic rings. The molecule has 0 amide bonds. The molecular weight excluding hydrogens is 248 g/mol. The number of ether oxygens (including phenoxy) is 1. The van der Waals surface area contributed by atoms with Crippen molar-refractivity contribution in [2.75, 3.05) is 26.7 Å². The highest BCUT2D eigenvalue weighted by molar-refractivity contribution is 5.45. The molecule has 0 aliphatic carbocycles. The van der Waals surface area contributed by atoms with Crippen LogP contribution in [0.15, 0.2) is 12.1 Å². The van der Waals surface area contributed by atoms with Crippen LogP contribution in [0.1, 0.15) is 49.9 Å². The predicted molar refractivity (Wildman–Crippen MR) is 84.4 cm³/mol. The zero-order valence-corrected chi connectivity index (χ0v) is 13.3. The molecule has 0 bridgehead atoms. The molecule has 2 rings (SSSR count). The fourth-order valence-corrected chi connectivity index (χ4v) is 3.31. The third-order valence-electron chi connectivity index (χ3n) is 4.25. The van der Waals surface area contributed by atoms with Crippen LogP contribution in [-0.2, 0) is 13.0 Å². The molecule has 3 heteroatoms. The summed E-state index contributed by atoms with van der Waals surface area (Å²) in [6.45, 7) is 10.5. The van der Waals surface area contributed by atoms with Gasteiger partial charge in [0.2, 0.25) is 0 Å².